The lowest BCUT2D eigenvalue weighted by atomic mass is 10.1. The maximum Gasteiger partial charge on any atom is 0.234 e. The highest BCUT2D eigenvalue weighted by Gasteiger charge is 2.23. The molecule has 0 radical (unpaired) electrons. The topological polar surface area (TPSA) is 82.2 Å². The third-order valence-electron chi connectivity index (χ3n) is 4.99. The Labute approximate surface area is 173 Å². The van der Waals surface area contributed by atoms with Crippen LogP contribution < -0.4 is 5.32 Å². The molecule has 152 valence electrons. The number of benzene rings is 1. The van der Waals surface area contributed by atoms with Crippen molar-refractivity contribution in [2.24, 2.45) is 0 Å². The summed E-state index contributed by atoms with van der Waals surface area (Å²) in [6, 6.07) is 9.58. The molecule has 0 aliphatic carbocycles. The second-order valence-corrected chi connectivity index (χ2v) is 8.11. The molecule has 29 heavy (non-hydrogen) atoms. The normalized spacial score (nSPS) is 16.3. The smallest absolute Gasteiger partial charge is 0.234 e. The first kappa shape index (κ1) is 19.7. The summed E-state index contributed by atoms with van der Waals surface area (Å²) in [6.45, 7) is 5.51. The zero-order chi connectivity index (χ0) is 20.2. The molecule has 3 aromatic rings. The maximum absolute atomic E-state index is 12.4. The van der Waals surface area contributed by atoms with Gasteiger partial charge in [-0.05, 0) is 62.1 Å². The molecule has 2 aromatic heterocycles. The van der Waals surface area contributed by atoms with Gasteiger partial charge in [-0.2, -0.15) is 0 Å². The van der Waals surface area contributed by atoms with Gasteiger partial charge in [0.05, 0.1) is 24.7 Å². The summed E-state index contributed by atoms with van der Waals surface area (Å²) >= 11 is 1.36. The molecule has 1 unspecified atom stereocenters. The number of ether oxygens (including phenoxy) is 1. The monoisotopic (exact) mass is 412 g/mol. The minimum atomic E-state index is -0.0792. The Morgan fingerprint density at radius 1 is 1.28 bits per heavy atom. The third kappa shape index (κ3) is 4.71. The van der Waals surface area contributed by atoms with Crippen LogP contribution in [0.2, 0.25) is 0 Å². The fourth-order valence-electron chi connectivity index (χ4n) is 3.29. The molecule has 1 aliphatic heterocycles. The summed E-state index contributed by atoms with van der Waals surface area (Å²) in [5.74, 6) is 1.48. The fraction of sp³-hybridized carbons (Fsp3) is 0.381. The largest absolute Gasteiger partial charge is 0.461 e. The standard InChI is InChI=1S/C21H24N4O3S/c1-14-7-8-16(11-15(14)2)22-19(26)13-29-21-24-23-20(18-6-4-10-28-18)25(21)12-17-5-3-9-27-17/h4,6-8,10-11,17H,3,5,9,12-13H2,1-2H3,(H,22,26). The van der Waals surface area contributed by atoms with E-state index < -0.39 is 0 Å². The van der Waals surface area contributed by atoms with E-state index in [4.69, 9.17) is 9.15 Å². The Bertz CT molecular complexity index is 978. The van der Waals surface area contributed by atoms with Gasteiger partial charge in [-0.3, -0.25) is 9.36 Å². The number of hydrogen-bond acceptors (Lipinski definition) is 6. The number of rotatable bonds is 7. The van der Waals surface area contributed by atoms with Gasteiger partial charge in [0.25, 0.3) is 0 Å². The van der Waals surface area contributed by atoms with E-state index in [1.54, 1.807) is 6.26 Å². The Hall–Kier alpha value is -2.58. The summed E-state index contributed by atoms with van der Waals surface area (Å²) in [6.07, 6.45) is 3.81. The Balaban J connectivity index is 1.46. The lowest BCUT2D eigenvalue weighted by Gasteiger charge is -2.14. The summed E-state index contributed by atoms with van der Waals surface area (Å²) in [7, 11) is 0. The first-order valence-electron chi connectivity index (χ1n) is 9.69. The SMILES string of the molecule is Cc1ccc(NC(=O)CSc2nnc(-c3ccco3)n2CC2CCCO2)cc1C. The molecule has 1 N–H and O–H groups in total. The van der Waals surface area contributed by atoms with Crippen LogP contribution in [0.1, 0.15) is 24.0 Å². The highest BCUT2D eigenvalue weighted by molar-refractivity contribution is 7.99. The van der Waals surface area contributed by atoms with Crippen molar-refractivity contribution in [1.29, 1.82) is 0 Å². The number of furan rings is 1. The van der Waals surface area contributed by atoms with E-state index in [1.165, 1.54) is 17.3 Å². The number of carbonyl (C=O) groups excluding carboxylic acids is 1. The molecule has 8 heteroatoms. The number of hydrogen-bond donors (Lipinski definition) is 1. The van der Waals surface area contributed by atoms with Crippen molar-refractivity contribution in [2.75, 3.05) is 17.7 Å². The second-order valence-electron chi connectivity index (χ2n) is 7.17. The number of anilines is 1. The van der Waals surface area contributed by atoms with Gasteiger partial charge in [0, 0.05) is 12.3 Å². The van der Waals surface area contributed by atoms with E-state index in [2.05, 4.69) is 15.5 Å². The first-order chi connectivity index (χ1) is 14.1. The molecular weight excluding hydrogens is 388 g/mol. The van der Waals surface area contributed by atoms with Gasteiger partial charge in [-0.1, -0.05) is 17.8 Å². The average Bonchev–Trinajstić information content (AvgIpc) is 3.45. The second kappa shape index (κ2) is 8.84. The highest BCUT2D eigenvalue weighted by atomic mass is 32.2. The number of thioether (sulfide) groups is 1. The van der Waals surface area contributed by atoms with Gasteiger partial charge in [0.1, 0.15) is 0 Å². The van der Waals surface area contributed by atoms with Gasteiger partial charge in [-0.25, -0.2) is 0 Å². The van der Waals surface area contributed by atoms with Crippen LogP contribution in [0, 0.1) is 13.8 Å². The Morgan fingerprint density at radius 3 is 2.90 bits per heavy atom. The molecule has 1 atom stereocenters. The minimum absolute atomic E-state index is 0.0792. The number of carbonyl (C=O) groups is 1. The van der Waals surface area contributed by atoms with Crippen molar-refractivity contribution >= 4 is 23.4 Å². The van der Waals surface area contributed by atoms with Gasteiger partial charge in [0.15, 0.2) is 10.9 Å². The molecule has 0 spiro atoms. The van der Waals surface area contributed by atoms with Crippen molar-refractivity contribution in [1.82, 2.24) is 14.8 Å². The third-order valence-corrected chi connectivity index (χ3v) is 5.96. The van der Waals surface area contributed by atoms with Crippen molar-refractivity contribution in [3.8, 4) is 11.6 Å². The number of nitrogens with zero attached hydrogens (tertiary/aromatic N) is 3. The quantitative estimate of drug-likeness (QED) is 0.589. The number of nitrogens with one attached hydrogen (secondary N) is 1. The molecule has 1 aliphatic rings. The van der Waals surface area contributed by atoms with Gasteiger partial charge >= 0.3 is 0 Å². The van der Waals surface area contributed by atoms with Crippen LogP contribution in [-0.2, 0) is 16.1 Å². The van der Waals surface area contributed by atoms with Crippen molar-refractivity contribution in [3.05, 3.63) is 47.7 Å². The summed E-state index contributed by atoms with van der Waals surface area (Å²) in [5.41, 5.74) is 3.15. The predicted molar refractivity (Wildman–Crippen MR) is 112 cm³/mol. The van der Waals surface area contributed by atoms with Crippen LogP contribution in [0.25, 0.3) is 11.6 Å². The van der Waals surface area contributed by atoms with E-state index in [9.17, 15) is 4.79 Å². The van der Waals surface area contributed by atoms with E-state index in [0.29, 0.717) is 23.3 Å². The van der Waals surface area contributed by atoms with Crippen molar-refractivity contribution in [2.45, 2.75) is 44.5 Å². The van der Waals surface area contributed by atoms with Crippen LogP contribution in [0.4, 0.5) is 5.69 Å². The molecule has 1 amide bonds. The van der Waals surface area contributed by atoms with Crippen LogP contribution in [0.3, 0.4) is 0 Å². The fourth-order valence-corrected chi connectivity index (χ4v) is 4.03. The van der Waals surface area contributed by atoms with E-state index in [-0.39, 0.29) is 17.8 Å². The van der Waals surface area contributed by atoms with E-state index >= 15 is 0 Å². The molecule has 1 aromatic carbocycles. The summed E-state index contributed by atoms with van der Waals surface area (Å²) < 4.78 is 13.3. The minimum Gasteiger partial charge on any atom is -0.461 e. The molecule has 3 heterocycles. The zero-order valence-electron chi connectivity index (χ0n) is 16.6. The molecule has 1 fully saturated rings. The summed E-state index contributed by atoms with van der Waals surface area (Å²) in [5, 5.41) is 12.2. The molecule has 7 nitrogen and oxygen atoms in total. The van der Waals surface area contributed by atoms with E-state index in [0.717, 1.165) is 30.7 Å². The predicted octanol–water partition coefficient (Wildman–Crippen LogP) is 4.06. The molecule has 0 bridgehead atoms. The van der Waals surface area contributed by atoms with Gasteiger partial charge in [0.2, 0.25) is 11.7 Å². The first-order valence-corrected chi connectivity index (χ1v) is 10.7. The molecule has 0 saturated carbocycles. The van der Waals surface area contributed by atoms with Crippen LogP contribution in [0.5, 0.6) is 0 Å². The van der Waals surface area contributed by atoms with Gasteiger partial charge in [-0.15, -0.1) is 10.2 Å². The Kier molecular flexibility index (Phi) is 6.01. The van der Waals surface area contributed by atoms with Crippen LogP contribution >= 0.6 is 11.8 Å². The molecule has 4 rings (SSSR count). The molecular formula is C21H24N4O3S. The Morgan fingerprint density at radius 2 is 2.17 bits per heavy atom. The van der Waals surface area contributed by atoms with E-state index in [1.807, 2.05) is 48.7 Å². The maximum atomic E-state index is 12.4. The summed E-state index contributed by atoms with van der Waals surface area (Å²) in [4.78, 5) is 12.4. The lowest BCUT2D eigenvalue weighted by Crippen LogP contribution is -2.18. The number of aryl methyl sites for hydroxylation is 2. The van der Waals surface area contributed by atoms with Crippen molar-refractivity contribution in [3.63, 3.8) is 0 Å². The average molecular weight is 413 g/mol. The van der Waals surface area contributed by atoms with Crippen LogP contribution in [0.15, 0.2) is 46.2 Å². The zero-order valence-corrected chi connectivity index (χ0v) is 17.4. The van der Waals surface area contributed by atoms with Crippen molar-refractivity contribution < 1.29 is 13.9 Å². The van der Waals surface area contributed by atoms with Crippen LogP contribution in [-0.4, -0.2) is 39.1 Å². The highest BCUT2D eigenvalue weighted by Crippen LogP contribution is 2.27. The number of aromatic nitrogens is 3. The lowest BCUT2D eigenvalue weighted by molar-refractivity contribution is -0.113. The van der Waals surface area contributed by atoms with Gasteiger partial charge < -0.3 is 14.5 Å². The number of amides is 1. The molecule has 1 saturated heterocycles.